The summed E-state index contributed by atoms with van der Waals surface area (Å²) < 4.78 is 5.34. The molecular weight excluding hydrogens is 421 g/mol. The molecule has 3 amide bonds. The van der Waals surface area contributed by atoms with E-state index in [2.05, 4.69) is 21.3 Å². The van der Waals surface area contributed by atoms with Gasteiger partial charge < -0.3 is 20.7 Å². The van der Waals surface area contributed by atoms with Crippen molar-refractivity contribution >= 4 is 46.6 Å². The van der Waals surface area contributed by atoms with E-state index in [4.69, 9.17) is 27.9 Å². The van der Waals surface area contributed by atoms with Gasteiger partial charge in [0.05, 0.1) is 31.2 Å². The Balaban J connectivity index is 1.50. The summed E-state index contributed by atoms with van der Waals surface area (Å²) in [6, 6.07) is 4.66. The van der Waals surface area contributed by atoms with Crippen LogP contribution in [0.3, 0.4) is 0 Å². The lowest BCUT2D eigenvalue weighted by Gasteiger charge is -2.46. The number of carbonyl (C=O) groups excluding carboxylic acids is 3. The Kier molecular flexibility index (Phi) is 5.93. The molecule has 1 aromatic carbocycles. The minimum atomic E-state index is -0.829. The second-order valence-corrected chi connectivity index (χ2v) is 8.13. The topological polar surface area (TPSA) is 112 Å². The third-order valence-corrected chi connectivity index (χ3v) is 5.75. The van der Waals surface area contributed by atoms with Gasteiger partial charge in [0.1, 0.15) is 6.29 Å². The quantitative estimate of drug-likeness (QED) is 0.538. The van der Waals surface area contributed by atoms with E-state index in [9.17, 15) is 14.4 Å². The number of morpholine rings is 1. The van der Waals surface area contributed by atoms with E-state index in [1.54, 1.807) is 18.2 Å². The number of ether oxygens (including phenoxy) is 1. The average molecular weight is 442 g/mol. The minimum Gasteiger partial charge on any atom is -0.379 e. The van der Waals surface area contributed by atoms with Crippen molar-refractivity contribution in [1.29, 1.82) is 0 Å². The van der Waals surface area contributed by atoms with Crippen LogP contribution in [0.1, 0.15) is 6.42 Å². The lowest BCUT2D eigenvalue weighted by Crippen LogP contribution is -2.74. The Morgan fingerprint density at radius 2 is 1.79 bits per heavy atom. The van der Waals surface area contributed by atoms with Crippen molar-refractivity contribution in [3.05, 3.63) is 28.2 Å². The number of rotatable bonds is 3. The van der Waals surface area contributed by atoms with Gasteiger partial charge in [-0.1, -0.05) is 23.2 Å². The summed E-state index contributed by atoms with van der Waals surface area (Å²) in [6.07, 6.45) is -1.16. The molecule has 4 unspecified atom stereocenters. The molecule has 0 aromatic heterocycles. The summed E-state index contributed by atoms with van der Waals surface area (Å²) >= 11 is 12.0. The molecule has 0 saturated carbocycles. The molecule has 3 heterocycles. The lowest BCUT2D eigenvalue weighted by molar-refractivity contribution is -0.148. The zero-order valence-corrected chi connectivity index (χ0v) is 16.9. The van der Waals surface area contributed by atoms with Crippen molar-refractivity contribution < 1.29 is 19.1 Å². The van der Waals surface area contributed by atoms with Crippen molar-refractivity contribution in [2.24, 2.45) is 11.8 Å². The number of nitrogens with one attached hydrogen (secondary N) is 4. The molecule has 29 heavy (non-hydrogen) atoms. The van der Waals surface area contributed by atoms with Crippen molar-refractivity contribution in [1.82, 2.24) is 20.9 Å². The average Bonchev–Trinajstić information content (AvgIpc) is 2.66. The van der Waals surface area contributed by atoms with E-state index >= 15 is 0 Å². The molecule has 9 nitrogen and oxygen atoms in total. The SMILES string of the molecule is O=C1CC(C(=O)Nc2cc(Cl)cc(Cl)c2)C2C(=O)NC(N3CCOCC3)NC2N1. The number of halogens is 2. The maximum atomic E-state index is 12.9. The number of amides is 3. The molecule has 4 N–H and O–H groups in total. The van der Waals surface area contributed by atoms with E-state index in [1.807, 2.05) is 4.90 Å². The second-order valence-electron chi connectivity index (χ2n) is 7.26. The third-order valence-electron chi connectivity index (χ3n) is 5.31. The molecule has 11 heteroatoms. The van der Waals surface area contributed by atoms with E-state index in [-0.39, 0.29) is 18.2 Å². The number of fused-ring (bicyclic) bond motifs is 1. The first-order valence-corrected chi connectivity index (χ1v) is 10.1. The molecule has 3 aliphatic rings. The Morgan fingerprint density at radius 3 is 2.48 bits per heavy atom. The summed E-state index contributed by atoms with van der Waals surface area (Å²) in [5.74, 6) is -2.58. The van der Waals surface area contributed by atoms with Gasteiger partial charge in [0.25, 0.3) is 0 Å². The molecule has 156 valence electrons. The lowest BCUT2D eigenvalue weighted by atomic mass is 9.81. The summed E-state index contributed by atoms with van der Waals surface area (Å²) in [4.78, 5) is 40.1. The number of piperidine rings is 1. The van der Waals surface area contributed by atoms with Crippen molar-refractivity contribution in [2.75, 3.05) is 31.6 Å². The van der Waals surface area contributed by atoms with Gasteiger partial charge in [-0.25, -0.2) is 0 Å². The standard InChI is InChI=1S/C18H21Cl2N5O4/c19-9-5-10(20)7-11(6-9)21-16(27)12-8-13(26)22-15-14(12)17(28)24-18(23-15)25-1-3-29-4-2-25/h5-7,12,14-15,18,23H,1-4,8H2,(H,21,27)(H,22,26)(H,24,28). The summed E-state index contributed by atoms with van der Waals surface area (Å²) in [5, 5.41) is 12.4. The maximum absolute atomic E-state index is 12.9. The highest BCUT2D eigenvalue weighted by Crippen LogP contribution is 2.29. The van der Waals surface area contributed by atoms with Crippen LogP contribution in [0.2, 0.25) is 10.0 Å². The minimum absolute atomic E-state index is 0.0847. The van der Waals surface area contributed by atoms with E-state index < -0.39 is 30.2 Å². The van der Waals surface area contributed by atoms with Crippen LogP contribution in [0, 0.1) is 11.8 Å². The number of carbonyl (C=O) groups is 3. The first-order valence-electron chi connectivity index (χ1n) is 9.35. The van der Waals surface area contributed by atoms with Gasteiger partial charge in [-0.2, -0.15) is 0 Å². The number of hydrogen-bond acceptors (Lipinski definition) is 6. The van der Waals surface area contributed by atoms with E-state index in [0.717, 1.165) is 0 Å². The molecule has 1 aromatic rings. The highest BCUT2D eigenvalue weighted by atomic mass is 35.5. The predicted octanol–water partition coefficient (Wildman–Crippen LogP) is 0.346. The van der Waals surface area contributed by atoms with Crippen molar-refractivity contribution in [2.45, 2.75) is 18.9 Å². The van der Waals surface area contributed by atoms with Crippen molar-refractivity contribution in [3.8, 4) is 0 Å². The van der Waals surface area contributed by atoms with Gasteiger partial charge in [-0.05, 0) is 18.2 Å². The van der Waals surface area contributed by atoms with Gasteiger partial charge >= 0.3 is 0 Å². The summed E-state index contributed by atoms with van der Waals surface area (Å²) in [7, 11) is 0. The van der Waals surface area contributed by atoms with Crippen LogP contribution in [0.15, 0.2) is 18.2 Å². The molecular formula is C18H21Cl2N5O4. The largest absolute Gasteiger partial charge is 0.379 e. The van der Waals surface area contributed by atoms with Gasteiger partial charge in [0.2, 0.25) is 17.7 Å². The van der Waals surface area contributed by atoms with Crippen LogP contribution in [-0.2, 0) is 19.1 Å². The Hall–Kier alpha value is -1.91. The molecule has 4 atom stereocenters. The molecule has 3 saturated heterocycles. The van der Waals surface area contributed by atoms with Crippen LogP contribution in [-0.4, -0.2) is 61.4 Å². The number of hydrogen-bond donors (Lipinski definition) is 4. The first-order chi connectivity index (χ1) is 13.9. The fraction of sp³-hybridized carbons (Fsp3) is 0.500. The van der Waals surface area contributed by atoms with Gasteiger partial charge in [0.15, 0.2) is 0 Å². The summed E-state index contributed by atoms with van der Waals surface area (Å²) in [6.45, 7) is 2.45. The maximum Gasteiger partial charge on any atom is 0.229 e. The summed E-state index contributed by atoms with van der Waals surface area (Å²) in [5.41, 5.74) is 0.408. The zero-order valence-electron chi connectivity index (χ0n) is 15.4. The molecule has 3 aliphatic heterocycles. The molecule has 0 radical (unpaired) electrons. The van der Waals surface area contributed by atoms with Crippen LogP contribution in [0.4, 0.5) is 5.69 Å². The van der Waals surface area contributed by atoms with E-state index in [0.29, 0.717) is 42.0 Å². The van der Waals surface area contributed by atoms with Gasteiger partial charge in [0, 0.05) is 35.2 Å². The molecule has 3 fully saturated rings. The predicted molar refractivity (Wildman–Crippen MR) is 106 cm³/mol. The van der Waals surface area contributed by atoms with Crippen molar-refractivity contribution in [3.63, 3.8) is 0 Å². The molecule has 4 rings (SSSR count). The fourth-order valence-electron chi connectivity index (χ4n) is 3.95. The second kappa shape index (κ2) is 8.45. The smallest absolute Gasteiger partial charge is 0.229 e. The highest BCUT2D eigenvalue weighted by Gasteiger charge is 2.49. The van der Waals surface area contributed by atoms with Crippen LogP contribution >= 0.6 is 23.2 Å². The number of nitrogens with zero attached hydrogens (tertiary/aromatic N) is 1. The Morgan fingerprint density at radius 1 is 1.10 bits per heavy atom. The fourth-order valence-corrected chi connectivity index (χ4v) is 4.48. The normalized spacial score (nSPS) is 30.1. The third kappa shape index (κ3) is 4.49. The number of anilines is 1. The monoisotopic (exact) mass is 441 g/mol. The first kappa shape index (κ1) is 20.4. The zero-order chi connectivity index (χ0) is 20.5. The molecule has 0 aliphatic carbocycles. The van der Waals surface area contributed by atoms with E-state index in [1.165, 1.54) is 0 Å². The van der Waals surface area contributed by atoms with Gasteiger partial charge in [-0.15, -0.1) is 0 Å². The highest BCUT2D eigenvalue weighted by molar-refractivity contribution is 6.35. The van der Waals surface area contributed by atoms with Crippen LogP contribution in [0.25, 0.3) is 0 Å². The Bertz CT molecular complexity index is 812. The number of benzene rings is 1. The molecule has 0 bridgehead atoms. The Labute approximate surface area is 177 Å². The van der Waals surface area contributed by atoms with Crippen LogP contribution < -0.4 is 21.3 Å². The van der Waals surface area contributed by atoms with Crippen LogP contribution in [0.5, 0.6) is 0 Å². The van der Waals surface area contributed by atoms with Gasteiger partial charge in [-0.3, -0.25) is 24.6 Å². The molecule has 0 spiro atoms.